The van der Waals surface area contributed by atoms with Crippen LogP contribution in [0.1, 0.15) is 31.9 Å². The molecule has 1 aliphatic heterocycles. The van der Waals surface area contributed by atoms with Crippen molar-refractivity contribution in [1.82, 2.24) is 24.8 Å². The molecule has 1 aliphatic rings. The number of hydrogen-bond acceptors (Lipinski definition) is 4. The highest BCUT2D eigenvalue weighted by Gasteiger charge is 2.29. The van der Waals surface area contributed by atoms with Crippen molar-refractivity contribution >= 4 is 5.96 Å². The third-order valence-corrected chi connectivity index (χ3v) is 5.72. The van der Waals surface area contributed by atoms with Gasteiger partial charge in [-0.05, 0) is 37.5 Å². The number of pyridine rings is 1. The molecule has 168 valence electrons. The van der Waals surface area contributed by atoms with Gasteiger partial charge in [0.2, 0.25) is 5.88 Å². The van der Waals surface area contributed by atoms with Crippen LogP contribution in [0.3, 0.4) is 0 Å². The molecule has 1 saturated heterocycles. The van der Waals surface area contributed by atoms with E-state index in [1.54, 1.807) is 18.3 Å². The molecular weight excluding hydrogens is 407 g/mol. The molecule has 0 bridgehead atoms. The first-order valence-electron chi connectivity index (χ1n) is 11.0. The Morgan fingerprint density at radius 3 is 2.97 bits per heavy atom. The van der Waals surface area contributed by atoms with E-state index in [1.807, 2.05) is 30.9 Å². The minimum absolute atomic E-state index is 0.348. The second-order valence-corrected chi connectivity index (χ2v) is 7.99. The number of hydrogen-bond donors (Lipinski definition) is 1. The number of piperidine rings is 1. The van der Waals surface area contributed by atoms with E-state index in [9.17, 15) is 4.39 Å². The minimum Gasteiger partial charge on any atom is -0.439 e. The van der Waals surface area contributed by atoms with Crippen molar-refractivity contribution in [1.29, 1.82) is 0 Å². The van der Waals surface area contributed by atoms with Crippen molar-refractivity contribution in [3.63, 3.8) is 0 Å². The first-order valence-corrected chi connectivity index (χ1v) is 11.0. The summed E-state index contributed by atoms with van der Waals surface area (Å²) in [6, 6.07) is 10.2. The average molecular weight is 437 g/mol. The standard InChI is InChI=1S/C24H29FN6O/c1-3-27-24(30-12-9-18(2)22(16-30)31-13-11-26-17-31)29-15-19-6-5-10-28-23(19)32-21-8-4-7-20(25)14-21/h4-8,10-11,13-14,17-18,22H,3,9,12,15-16H2,1-2H3,(H,27,29). The summed E-state index contributed by atoms with van der Waals surface area (Å²) in [5.41, 5.74) is 0.837. The Kier molecular flexibility index (Phi) is 6.99. The molecule has 0 saturated carbocycles. The van der Waals surface area contributed by atoms with Gasteiger partial charge in [-0.25, -0.2) is 19.4 Å². The zero-order valence-electron chi connectivity index (χ0n) is 18.5. The Balaban J connectivity index is 1.51. The van der Waals surface area contributed by atoms with E-state index in [-0.39, 0.29) is 5.82 Å². The van der Waals surface area contributed by atoms with Crippen molar-refractivity contribution in [3.05, 3.63) is 72.7 Å². The topological polar surface area (TPSA) is 67.6 Å². The number of aliphatic imine (C=N–C) groups is 1. The van der Waals surface area contributed by atoms with Crippen molar-refractivity contribution in [2.24, 2.45) is 10.9 Å². The Morgan fingerprint density at radius 2 is 2.19 bits per heavy atom. The van der Waals surface area contributed by atoms with Crippen LogP contribution < -0.4 is 10.1 Å². The Morgan fingerprint density at radius 1 is 1.28 bits per heavy atom. The van der Waals surface area contributed by atoms with Gasteiger partial charge in [0.05, 0.1) is 18.9 Å². The molecule has 2 atom stereocenters. The summed E-state index contributed by atoms with van der Waals surface area (Å²) in [5, 5.41) is 3.42. The van der Waals surface area contributed by atoms with Gasteiger partial charge in [-0.2, -0.15) is 0 Å². The van der Waals surface area contributed by atoms with Crippen LogP contribution in [-0.2, 0) is 6.54 Å². The Labute approximate surface area is 188 Å². The van der Waals surface area contributed by atoms with Gasteiger partial charge in [-0.3, -0.25) is 0 Å². The van der Waals surface area contributed by atoms with E-state index in [2.05, 4.69) is 38.6 Å². The number of nitrogens with one attached hydrogen (secondary N) is 1. The van der Waals surface area contributed by atoms with E-state index >= 15 is 0 Å². The summed E-state index contributed by atoms with van der Waals surface area (Å²) in [5.74, 6) is 1.92. The number of likely N-dealkylation sites (tertiary alicyclic amines) is 1. The van der Waals surface area contributed by atoms with Crippen LogP contribution in [0.4, 0.5) is 4.39 Å². The van der Waals surface area contributed by atoms with Crippen molar-refractivity contribution in [3.8, 4) is 11.6 Å². The zero-order valence-corrected chi connectivity index (χ0v) is 18.5. The largest absolute Gasteiger partial charge is 0.439 e. The SMILES string of the molecule is CCNC(=NCc1cccnc1Oc1cccc(F)c1)N1CCC(C)C(n2ccnc2)C1. The van der Waals surface area contributed by atoms with Gasteiger partial charge < -0.3 is 19.5 Å². The summed E-state index contributed by atoms with van der Waals surface area (Å²) in [6.45, 7) is 7.35. The number of rotatable bonds is 6. The van der Waals surface area contributed by atoms with E-state index < -0.39 is 0 Å². The molecule has 4 rings (SSSR count). The zero-order chi connectivity index (χ0) is 22.3. The van der Waals surface area contributed by atoms with E-state index in [1.165, 1.54) is 12.1 Å². The first-order chi connectivity index (χ1) is 15.6. The van der Waals surface area contributed by atoms with Crippen LogP contribution in [-0.4, -0.2) is 45.0 Å². The van der Waals surface area contributed by atoms with Gasteiger partial charge >= 0.3 is 0 Å². The summed E-state index contributed by atoms with van der Waals surface area (Å²) in [6.07, 6.45) is 8.48. The van der Waals surface area contributed by atoms with E-state index in [0.717, 1.165) is 37.6 Å². The maximum Gasteiger partial charge on any atom is 0.224 e. The number of nitrogens with zero attached hydrogens (tertiary/aromatic N) is 5. The molecule has 0 amide bonds. The molecule has 3 heterocycles. The van der Waals surface area contributed by atoms with Gasteiger partial charge in [0.15, 0.2) is 5.96 Å². The molecule has 2 unspecified atom stereocenters. The molecule has 7 nitrogen and oxygen atoms in total. The van der Waals surface area contributed by atoms with E-state index in [0.29, 0.717) is 30.1 Å². The number of halogens is 1. The maximum atomic E-state index is 13.5. The fraction of sp³-hybridized carbons (Fsp3) is 0.375. The molecule has 0 radical (unpaired) electrons. The highest BCUT2D eigenvalue weighted by Crippen LogP contribution is 2.28. The van der Waals surface area contributed by atoms with Crippen LogP contribution in [0.15, 0.2) is 66.3 Å². The molecule has 3 aromatic rings. The number of aromatic nitrogens is 3. The lowest BCUT2D eigenvalue weighted by Crippen LogP contribution is -2.49. The maximum absolute atomic E-state index is 13.5. The van der Waals surface area contributed by atoms with Gasteiger partial charge in [0, 0.05) is 49.9 Å². The Bertz CT molecular complexity index is 1040. The third kappa shape index (κ3) is 5.25. The second kappa shape index (κ2) is 10.3. The molecule has 2 aromatic heterocycles. The smallest absolute Gasteiger partial charge is 0.224 e. The van der Waals surface area contributed by atoms with Crippen LogP contribution in [0, 0.1) is 11.7 Å². The molecule has 32 heavy (non-hydrogen) atoms. The minimum atomic E-state index is -0.348. The van der Waals surface area contributed by atoms with Crippen LogP contribution in [0.5, 0.6) is 11.6 Å². The first kappa shape index (κ1) is 21.8. The van der Waals surface area contributed by atoms with Gasteiger partial charge in [0.25, 0.3) is 0 Å². The summed E-state index contributed by atoms with van der Waals surface area (Å²) in [7, 11) is 0. The van der Waals surface area contributed by atoms with Gasteiger partial charge in [0.1, 0.15) is 11.6 Å². The fourth-order valence-electron chi connectivity index (χ4n) is 3.96. The lowest BCUT2D eigenvalue weighted by Gasteiger charge is -2.39. The molecule has 0 aliphatic carbocycles. The quantitative estimate of drug-likeness (QED) is 0.462. The third-order valence-electron chi connectivity index (χ3n) is 5.72. The van der Waals surface area contributed by atoms with Crippen LogP contribution in [0.2, 0.25) is 0 Å². The number of benzene rings is 1. The highest BCUT2D eigenvalue weighted by atomic mass is 19.1. The van der Waals surface area contributed by atoms with Crippen LogP contribution >= 0.6 is 0 Å². The van der Waals surface area contributed by atoms with Gasteiger partial charge in [-0.1, -0.05) is 19.1 Å². The summed E-state index contributed by atoms with van der Waals surface area (Å²) >= 11 is 0. The molecule has 1 fully saturated rings. The second-order valence-electron chi connectivity index (χ2n) is 7.99. The van der Waals surface area contributed by atoms with E-state index in [4.69, 9.17) is 9.73 Å². The molecule has 1 N–H and O–H groups in total. The highest BCUT2D eigenvalue weighted by molar-refractivity contribution is 5.80. The predicted molar refractivity (Wildman–Crippen MR) is 122 cm³/mol. The lowest BCUT2D eigenvalue weighted by atomic mass is 9.93. The van der Waals surface area contributed by atoms with Crippen molar-refractivity contribution in [2.75, 3.05) is 19.6 Å². The Hall–Kier alpha value is -3.42. The number of guanidine groups is 1. The van der Waals surface area contributed by atoms with Gasteiger partial charge in [-0.15, -0.1) is 0 Å². The monoisotopic (exact) mass is 436 g/mol. The fourth-order valence-corrected chi connectivity index (χ4v) is 3.96. The van der Waals surface area contributed by atoms with Crippen LogP contribution in [0.25, 0.3) is 0 Å². The lowest BCUT2D eigenvalue weighted by molar-refractivity contribution is 0.189. The molecule has 1 aromatic carbocycles. The summed E-state index contributed by atoms with van der Waals surface area (Å²) < 4.78 is 21.6. The summed E-state index contributed by atoms with van der Waals surface area (Å²) in [4.78, 5) is 15.7. The number of imidazole rings is 1. The molecular formula is C24H29FN6O. The van der Waals surface area contributed by atoms with Crippen molar-refractivity contribution < 1.29 is 9.13 Å². The average Bonchev–Trinajstić information content (AvgIpc) is 3.33. The molecule has 0 spiro atoms. The molecule has 8 heteroatoms. The normalized spacial score (nSPS) is 19.1. The number of ether oxygens (including phenoxy) is 1. The predicted octanol–water partition coefficient (Wildman–Crippen LogP) is 4.26. The van der Waals surface area contributed by atoms with Crippen molar-refractivity contribution in [2.45, 2.75) is 32.9 Å².